The summed E-state index contributed by atoms with van der Waals surface area (Å²) in [7, 11) is 0. The van der Waals surface area contributed by atoms with E-state index in [1.165, 1.54) is 17.0 Å². The van der Waals surface area contributed by atoms with Crippen LogP contribution in [-0.2, 0) is 11.2 Å². The van der Waals surface area contributed by atoms with Gasteiger partial charge in [0.15, 0.2) is 6.10 Å². The number of phenolic OH excluding ortho intramolecular Hbond substituents is 1. The number of ether oxygens (including phenoxy) is 1. The molecule has 5 nitrogen and oxygen atoms in total. The van der Waals surface area contributed by atoms with E-state index in [-0.39, 0.29) is 18.2 Å². The number of carbonyl (C=O) groups excluding carboxylic acids is 1. The Morgan fingerprint density at radius 1 is 1.21 bits per heavy atom. The second kappa shape index (κ2) is 6.25. The largest absolute Gasteiger partial charge is 0.508 e. The highest BCUT2D eigenvalue weighted by molar-refractivity contribution is 6.00. The molecule has 24 heavy (non-hydrogen) atoms. The van der Waals surface area contributed by atoms with Crippen molar-refractivity contribution < 1.29 is 14.6 Å². The van der Waals surface area contributed by atoms with Gasteiger partial charge in [0.1, 0.15) is 18.0 Å². The minimum Gasteiger partial charge on any atom is -0.508 e. The standard InChI is InChI=1S/C19H18N2O3/c1-12-7-13(2)9-14(8-12)10-18-19(23)21(6-5-20)16-11-15(22)3-4-17(16)24-18/h3-4,7-9,11,18,22H,6,10H2,1-2H3. The molecular formula is C19H18N2O3. The fourth-order valence-corrected chi connectivity index (χ4v) is 3.08. The summed E-state index contributed by atoms with van der Waals surface area (Å²) in [6.07, 6.45) is -0.250. The Balaban J connectivity index is 1.94. The molecular weight excluding hydrogens is 304 g/mol. The summed E-state index contributed by atoms with van der Waals surface area (Å²) in [6, 6.07) is 12.7. The first-order chi connectivity index (χ1) is 11.5. The zero-order chi connectivity index (χ0) is 17.3. The number of aromatic hydroxyl groups is 1. The van der Waals surface area contributed by atoms with Crippen LogP contribution < -0.4 is 9.64 Å². The Hall–Kier alpha value is -3.00. The smallest absolute Gasteiger partial charge is 0.269 e. The van der Waals surface area contributed by atoms with Crippen molar-refractivity contribution in [1.82, 2.24) is 0 Å². The molecule has 0 aliphatic carbocycles. The Morgan fingerprint density at radius 2 is 1.92 bits per heavy atom. The molecule has 0 radical (unpaired) electrons. The van der Waals surface area contributed by atoms with Crippen molar-refractivity contribution in [2.24, 2.45) is 0 Å². The van der Waals surface area contributed by atoms with Crippen molar-refractivity contribution in [3.63, 3.8) is 0 Å². The maximum Gasteiger partial charge on any atom is 0.269 e. The highest BCUT2D eigenvalue weighted by atomic mass is 16.5. The minimum atomic E-state index is -0.684. The number of phenols is 1. The first-order valence-electron chi connectivity index (χ1n) is 7.73. The summed E-state index contributed by atoms with van der Waals surface area (Å²) >= 11 is 0. The highest BCUT2D eigenvalue weighted by Crippen LogP contribution is 2.37. The van der Waals surface area contributed by atoms with Gasteiger partial charge in [-0.25, -0.2) is 0 Å². The van der Waals surface area contributed by atoms with E-state index in [0.29, 0.717) is 17.9 Å². The van der Waals surface area contributed by atoms with E-state index in [2.05, 4.69) is 6.07 Å². The molecule has 2 aromatic carbocycles. The van der Waals surface area contributed by atoms with E-state index >= 15 is 0 Å². The monoisotopic (exact) mass is 322 g/mol. The van der Waals surface area contributed by atoms with E-state index in [9.17, 15) is 9.90 Å². The zero-order valence-corrected chi connectivity index (χ0v) is 13.6. The van der Waals surface area contributed by atoms with Crippen LogP contribution in [0, 0.1) is 25.2 Å². The van der Waals surface area contributed by atoms with Crippen LogP contribution in [0.2, 0.25) is 0 Å². The number of nitriles is 1. The normalized spacial score (nSPS) is 16.3. The molecule has 1 N–H and O–H groups in total. The third kappa shape index (κ3) is 3.04. The molecule has 1 aliphatic rings. The van der Waals surface area contributed by atoms with Crippen molar-refractivity contribution in [2.75, 3.05) is 11.4 Å². The molecule has 1 amide bonds. The number of fused-ring (bicyclic) bond motifs is 1. The number of nitrogens with zero attached hydrogens (tertiary/aromatic N) is 2. The molecule has 1 unspecified atom stereocenters. The van der Waals surface area contributed by atoms with Gasteiger partial charge in [-0.3, -0.25) is 9.69 Å². The number of aryl methyl sites for hydroxylation is 2. The maximum atomic E-state index is 12.7. The molecule has 0 spiro atoms. The first-order valence-corrected chi connectivity index (χ1v) is 7.73. The van der Waals surface area contributed by atoms with Gasteiger partial charge in [-0.05, 0) is 31.5 Å². The van der Waals surface area contributed by atoms with Crippen molar-refractivity contribution in [1.29, 1.82) is 5.26 Å². The topological polar surface area (TPSA) is 73.6 Å². The number of benzene rings is 2. The molecule has 3 rings (SSSR count). The Kier molecular flexibility index (Phi) is 4.13. The highest BCUT2D eigenvalue weighted by Gasteiger charge is 2.34. The van der Waals surface area contributed by atoms with Gasteiger partial charge < -0.3 is 9.84 Å². The minimum absolute atomic E-state index is 0.0286. The number of amides is 1. The maximum absolute atomic E-state index is 12.7. The average Bonchev–Trinajstić information content (AvgIpc) is 2.51. The van der Waals surface area contributed by atoms with Crippen molar-refractivity contribution in [2.45, 2.75) is 26.4 Å². The van der Waals surface area contributed by atoms with Gasteiger partial charge in [0.05, 0.1) is 11.8 Å². The molecule has 0 fully saturated rings. The number of hydrogen-bond acceptors (Lipinski definition) is 4. The fraction of sp³-hybridized carbons (Fsp3) is 0.263. The zero-order valence-electron chi connectivity index (χ0n) is 13.6. The SMILES string of the molecule is Cc1cc(C)cc(CC2Oc3ccc(O)cc3N(CC#N)C2=O)c1. The van der Waals surface area contributed by atoms with Crippen molar-refractivity contribution in [3.05, 3.63) is 53.1 Å². The molecule has 0 aromatic heterocycles. The first kappa shape index (κ1) is 15.9. The lowest BCUT2D eigenvalue weighted by atomic mass is 10.0. The third-order valence-electron chi connectivity index (χ3n) is 3.98. The average molecular weight is 322 g/mol. The van der Waals surface area contributed by atoms with Crippen LogP contribution in [0.15, 0.2) is 36.4 Å². The Labute approximate surface area is 140 Å². The third-order valence-corrected chi connectivity index (χ3v) is 3.98. The van der Waals surface area contributed by atoms with E-state index in [1.807, 2.05) is 32.0 Å². The Bertz CT molecular complexity index is 819. The van der Waals surface area contributed by atoms with Crippen molar-refractivity contribution >= 4 is 11.6 Å². The molecule has 0 bridgehead atoms. The predicted molar refractivity (Wildman–Crippen MR) is 90.1 cm³/mol. The predicted octanol–water partition coefficient (Wildman–Crippen LogP) is 2.87. The molecule has 5 heteroatoms. The Morgan fingerprint density at radius 3 is 2.58 bits per heavy atom. The summed E-state index contributed by atoms with van der Waals surface area (Å²) in [4.78, 5) is 14.1. The van der Waals surface area contributed by atoms with Crippen LogP contribution in [0.3, 0.4) is 0 Å². The van der Waals surface area contributed by atoms with Crippen LogP contribution in [0.5, 0.6) is 11.5 Å². The number of carbonyl (C=O) groups is 1. The second-order valence-electron chi connectivity index (χ2n) is 6.04. The van der Waals surface area contributed by atoms with Crippen LogP contribution >= 0.6 is 0 Å². The van der Waals surface area contributed by atoms with Gasteiger partial charge in [0.2, 0.25) is 0 Å². The van der Waals surface area contributed by atoms with Crippen LogP contribution in [-0.4, -0.2) is 23.7 Å². The summed E-state index contributed by atoms with van der Waals surface area (Å²) in [5.74, 6) is 0.256. The van der Waals surface area contributed by atoms with Crippen LogP contribution in [0.25, 0.3) is 0 Å². The quantitative estimate of drug-likeness (QED) is 0.882. The van der Waals surface area contributed by atoms with Gasteiger partial charge >= 0.3 is 0 Å². The van der Waals surface area contributed by atoms with Gasteiger partial charge in [0.25, 0.3) is 5.91 Å². The van der Waals surface area contributed by atoms with Crippen molar-refractivity contribution in [3.8, 4) is 17.6 Å². The lowest BCUT2D eigenvalue weighted by Crippen LogP contribution is -2.47. The van der Waals surface area contributed by atoms with Crippen LogP contribution in [0.1, 0.15) is 16.7 Å². The molecule has 0 saturated carbocycles. The van der Waals surface area contributed by atoms with Gasteiger partial charge in [-0.1, -0.05) is 29.3 Å². The van der Waals surface area contributed by atoms with E-state index in [0.717, 1.165) is 16.7 Å². The summed E-state index contributed by atoms with van der Waals surface area (Å²) < 4.78 is 5.85. The van der Waals surface area contributed by atoms with Gasteiger partial charge in [-0.2, -0.15) is 5.26 Å². The van der Waals surface area contributed by atoms with Gasteiger partial charge in [0, 0.05) is 12.5 Å². The molecule has 0 saturated heterocycles. The van der Waals surface area contributed by atoms with E-state index in [1.54, 1.807) is 6.07 Å². The molecule has 1 aliphatic heterocycles. The summed E-state index contributed by atoms with van der Waals surface area (Å²) in [5.41, 5.74) is 3.71. The summed E-state index contributed by atoms with van der Waals surface area (Å²) in [6.45, 7) is 3.95. The van der Waals surface area contributed by atoms with E-state index < -0.39 is 6.10 Å². The molecule has 1 atom stereocenters. The van der Waals surface area contributed by atoms with Crippen LogP contribution in [0.4, 0.5) is 5.69 Å². The molecule has 1 heterocycles. The molecule has 122 valence electrons. The van der Waals surface area contributed by atoms with E-state index in [4.69, 9.17) is 10.00 Å². The second-order valence-corrected chi connectivity index (χ2v) is 6.04. The molecule has 2 aromatic rings. The van der Waals surface area contributed by atoms with Gasteiger partial charge in [-0.15, -0.1) is 0 Å². The fourth-order valence-electron chi connectivity index (χ4n) is 3.08. The number of anilines is 1. The summed E-state index contributed by atoms with van der Waals surface area (Å²) in [5, 5.41) is 18.7. The number of hydrogen-bond donors (Lipinski definition) is 1. The number of rotatable bonds is 3. The lowest BCUT2D eigenvalue weighted by molar-refractivity contribution is -0.126. The lowest BCUT2D eigenvalue weighted by Gasteiger charge is -2.33.